The summed E-state index contributed by atoms with van der Waals surface area (Å²) in [7, 11) is 0. The van der Waals surface area contributed by atoms with Crippen molar-refractivity contribution in [3.63, 3.8) is 0 Å². The van der Waals surface area contributed by atoms with Gasteiger partial charge in [-0.05, 0) is 66.9 Å². The van der Waals surface area contributed by atoms with Gasteiger partial charge in [0.1, 0.15) is 0 Å². The summed E-state index contributed by atoms with van der Waals surface area (Å²) in [5, 5.41) is 7.97. The zero-order valence-electron chi connectivity index (χ0n) is 11.9. The number of nitrogens with zero attached hydrogens (tertiary/aromatic N) is 2. The Kier molecular flexibility index (Phi) is 4.30. The molecule has 0 atom stereocenters. The molecule has 0 unspecified atom stereocenters. The van der Waals surface area contributed by atoms with Crippen molar-refractivity contribution in [2.75, 3.05) is 5.32 Å². The van der Waals surface area contributed by atoms with Gasteiger partial charge in [-0.25, -0.2) is 0 Å². The molecule has 0 radical (unpaired) electrons. The molecule has 3 nitrogen and oxygen atoms in total. The van der Waals surface area contributed by atoms with E-state index in [4.69, 9.17) is 0 Å². The SMILES string of the molecule is CCn1nc(C)c(Br)c1CNc1ccc(C)c(C)c1. The Bertz CT molecular complexity index is 587. The molecule has 0 fully saturated rings. The summed E-state index contributed by atoms with van der Waals surface area (Å²) < 4.78 is 3.14. The van der Waals surface area contributed by atoms with Crippen LogP contribution in [0.15, 0.2) is 22.7 Å². The monoisotopic (exact) mass is 321 g/mol. The fourth-order valence-electron chi connectivity index (χ4n) is 2.08. The van der Waals surface area contributed by atoms with Crippen molar-refractivity contribution >= 4 is 21.6 Å². The first kappa shape index (κ1) is 14.1. The number of aryl methyl sites for hydroxylation is 4. The average Bonchev–Trinajstić information content (AvgIpc) is 2.67. The second-order valence-corrected chi connectivity index (χ2v) is 5.61. The van der Waals surface area contributed by atoms with Gasteiger partial charge in [-0.1, -0.05) is 6.07 Å². The number of nitrogens with one attached hydrogen (secondary N) is 1. The van der Waals surface area contributed by atoms with E-state index in [-0.39, 0.29) is 0 Å². The molecule has 2 rings (SSSR count). The Labute approximate surface area is 123 Å². The largest absolute Gasteiger partial charge is 0.379 e. The van der Waals surface area contributed by atoms with Crippen LogP contribution in [0.2, 0.25) is 0 Å². The van der Waals surface area contributed by atoms with E-state index in [1.165, 1.54) is 16.8 Å². The van der Waals surface area contributed by atoms with Gasteiger partial charge in [-0.3, -0.25) is 4.68 Å². The van der Waals surface area contributed by atoms with Gasteiger partial charge >= 0.3 is 0 Å². The highest BCUT2D eigenvalue weighted by molar-refractivity contribution is 9.10. The van der Waals surface area contributed by atoms with E-state index in [0.717, 1.165) is 28.9 Å². The standard InChI is InChI=1S/C15H20BrN3/c1-5-19-14(15(16)12(4)18-19)9-17-13-7-6-10(2)11(3)8-13/h6-8,17H,5,9H2,1-4H3. The molecule has 0 bridgehead atoms. The van der Waals surface area contributed by atoms with Crippen molar-refractivity contribution in [1.29, 1.82) is 0 Å². The lowest BCUT2D eigenvalue weighted by Crippen LogP contribution is -2.08. The molecule has 0 aliphatic carbocycles. The third-order valence-electron chi connectivity index (χ3n) is 3.42. The van der Waals surface area contributed by atoms with Gasteiger partial charge < -0.3 is 5.32 Å². The van der Waals surface area contributed by atoms with E-state index >= 15 is 0 Å². The molecule has 0 aliphatic heterocycles. The smallest absolute Gasteiger partial charge is 0.0739 e. The molecule has 0 spiro atoms. The van der Waals surface area contributed by atoms with Crippen LogP contribution in [0.25, 0.3) is 0 Å². The second-order valence-electron chi connectivity index (χ2n) is 4.81. The third kappa shape index (κ3) is 3.00. The highest BCUT2D eigenvalue weighted by atomic mass is 79.9. The zero-order valence-corrected chi connectivity index (χ0v) is 13.5. The van der Waals surface area contributed by atoms with Crippen LogP contribution < -0.4 is 5.32 Å². The normalized spacial score (nSPS) is 10.8. The minimum absolute atomic E-state index is 0.776. The molecule has 0 saturated heterocycles. The summed E-state index contributed by atoms with van der Waals surface area (Å²) in [5.41, 5.74) is 6.01. The fourth-order valence-corrected chi connectivity index (χ4v) is 2.50. The van der Waals surface area contributed by atoms with Gasteiger partial charge in [0.15, 0.2) is 0 Å². The summed E-state index contributed by atoms with van der Waals surface area (Å²) >= 11 is 3.62. The number of hydrogen-bond donors (Lipinski definition) is 1. The highest BCUT2D eigenvalue weighted by Gasteiger charge is 2.11. The van der Waals surface area contributed by atoms with Crippen LogP contribution in [0, 0.1) is 20.8 Å². The van der Waals surface area contributed by atoms with Crippen LogP contribution in [0.4, 0.5) is 5.69 Å². The maximum Gasteiger partial charge on any atom is 0.0739 e. The van der Waals surface area contributed by atoms with Crippen LogP contribution in [0.5, 0.6) is 0 Å². The van der Waals surface area contributed by atoms with Gasteiger partial charge in [0, 0.05) is 12.2 Å². The van der Waals surface area contributed by atoms with Crippen LogP contribution in [0.1, 0.15) is 29.4 Å². The quantitative estimate of drug-likeness (QED) is 0.914. The van der Waals surface area contributed by atoms with Crippen LogP contribution >= 0.6 is 15.9 Å². The Morgan fingerprint density at radius 2 is 1.95 bits per heavy atom. The predicted molar refractivity (Wildman–Crippen MR) is 83.6 cm³/mol. The summed E-state index contributed by atoms with van der Waals surface area (Å²) in [4.78, 5) is 0. The van der Waals surface area contributed by atoms with Gasteiger partial charge in [-0.2, -0.15) is 5.10 Å². The van der Waals surface area contributed by atoms with E-state index in [0.29, 0.717) is 0 Å². The fraction of sp³-hybridized carbons (Fsp3) is 0.400. The second kappa shape index (κ2) is 5.78. The first-order valence-corrected chi connectivity index (χ1v) is 7.35. The minimum atomic E-state index is 0.776. The predicted octanol–water partition coefficient (Wildman–Crippen LogP) is 4.20. The third-order valence-corrected chi connectivity index (χ3v) is 4.45. The molecule has 102 valence electrons. The average molecular weight is 322 g/mol. The minimum Gasteiger partial charge on any atom is -0.379 e. The molecule has 1 aromatic heterocycles. The van der Waals surface area contributed by atoms with Gasteiger partial charge in [0.25, 0.3) is 0 Å². The first-order valence-electron chi connectivity index (χ1n) is 6.55. The van der Waals surface area contributed by atoms with E-state index in [2.05, 4.69) is 65.3 Å². The molecule has 1 heterocycles. The van der Waals surface area contributed by atoms with Crippen molar-refractivity contribution in [1.82, 2.24) is 9.78 Å². The molecule has 2 aromatic rings. The Balaban J connectivity index is 2.16. The van der Waals surface area contributed by atoms with Crippen molar-refractivity contribution in [2.24, 2.45) is 0 Å². The van der Waals surface area contributed by atoms with Gasteiger partial charge in [-0.15, -0.1) is 0 Å². The molecular weight excluding hydrogens is 302 g/mol. The molecule has 0 aliphatic rings. The molecule has 1 N–H and O–H groups in total. The zero-order chi connectivity index (χ0) is 14.0. The summed E-state index contributed by atoms with van der Waals surface area (Å²) in [5.74, 6) is 0. The lowest BCUT2D eigenvalue weighted by atomic mass is 10.1. The van der Waals surface area contributed by atoms with Gasteiger partial charge in [0.2, 0.25) is 0 Å². The van der Waals surface area contributed by atoms with E-state index in [1.54, 1.807) is 0 Å². The summed E-state index contributed by atoms with van der Waals surface area (Å²) in [6.45, 7) is 10.1. The summed E-state index contributed by atoms with van der Waals surface area (Å²) in [6.07, 6.45) is 0. The maximum absolute atomic E-state index is 4.50. The highest BCUT2D eigenvalue weighted by Crippen LogP contribution is 2.22. The Hall–Kier alpha value is -1.29. The Morgan fingerprint density at radius 1 is 1.21 bits per heavy atom. The van der Waals surface area contributed by atoms with E-state index < -0.39 is 0 Å². The van der Waals surface area contributed by atoms with Crippen molar-refractivity contribution in [3.8, 4) is 0 Å². The molecule has 0 saturated carbocycles. The van der Waals surface area contributed by atoms with Crippen molar-refractivity contribution in [3.05, 3.63) is 45.2 Å². The lowest BCUT2D eigenvalue weighted by Gasteiger charge is -2.10. The molecular formula is C15H20BrN3. The van der Waals surface area contributed by atoms with Crippen molar-refractivity contribution in [2.45, 2.75) is 40.8 Å². The molecule has 0 amide bonds. The van der Waals surface area contributed by atoms with E-state index in [9.17, 15) is 0 Å². The topological polar surface area (TPSA) is 29.9 Å². The number of anilines is 1. The van der Waals surface area contributed by atoms with E-state index in [1.807, 2.05) is 11.6 Å². The summed E-state index contributed by atoms with van der Waals surface area (Å²) in [6, 6.07) is 6.45. The Morgan fingerprint density at radius 3 is 2.58 bits per heavy atom. The lowest BCUT2D eigenvalue weighted by molar-refractivity contribution is 0.622. The maximum atomic E-state index is 4.50. The van der Waals surface area contributed by atoms with Crippen LogP contribution in [-0.4, -0.2) is 9.78 Å². The van der Waals surface area contributed by atoms with Gasteiger partial charge in [0.05, 0.1) is 22.4 Å². The van der Waals surface area contributed by atoms with Crippen LogP contribution in [0.3, 0.4) is 0 Å². The number of hydrogen-bond acceptors (Lipinski definition) is 2. The molecule has 1 aromatic carbocycles. The van der Waals surface area contributed by atoms with Crippen LogP contribution in [-0.2, 0) is 13.1 Å². The number of halogens is 1. The number of aromatic nitrogens is 2. The first-order chi connectivity index (χ1) is 9.02. The molecule has 4 heteroatoms. The molecule has 19 heavy (non-hydrogen) atoms. The number of rotatable bonds is 4. The number of benzene rings is 1. The van der Waals surface area contributed by atoms with Crippen molar-refractivity contribution < 1.29 is 0 Å².